The number of anilines is 1. The number of fused-ring (bicyclic) bond motifs is 1. The van der Waals surface area contributed by atoms with Crippen LogP contribution in [0.4, 0.5) is 5.69 Å². The van der Waals surface area contributed by atoms with Crippen molar-refractivity contribution in [1.82, 2.24) is 10.2 Å². The lowest BCUT2D eigenvalue weighted by atomic mass is 9.99. The van der Waals surface area contributed by atoms with E-state index in [-0.39, 0.29) is 29.7 Å². The molecule has 2 heterocycles. The summed E-state index contributed by atoms with van der Waals surface area (Å²) in [4.78, 5) is 8.73. The summed E-state index contributed by atoms with van der Waals surface area (Å²) in [5, 5.41) is 3.41. The smallest absolute Gasteiger partial charge is 0.193 e. The fraction of sp³-hybridized carbons (Fsp3) is 0.632. The van der Waals surface area contributed by atoms with E-state index in [1.54, 1.807) is 20.9 Å². The highest BCUT2D eigenvalue weighted by Crippen LogP contribution is 2.27. The van der Waals surface area contributed by atoms with Crippen LogP contribution in [0, 0.1) is 0 Å². The second-order valence-corrected chi connectivity index (χ2v) is 10.6. The van der Waals surface area contributed by atoms with Gasteiger partial charge in [0.15, 0.2) is 15.8 Å². The minimum Gasteiger partial charge on any atom is -0.374 e. The fourth-order valence-corrected chi connectivity index (χ4v) is 5.15. The first-order valence-electron chi connectivity index (χ1n) is 9.24. The summed E-state index contributed by atoms with van der Waals surface area (Å²) < 4.78 is 23.7. The van der Waals surface area contributed by atoms with E-state index in [1.807, 2.05) is 4.90 Å². The lowest BCUT2D eigenvalue weighted by Gasteiger charge is -2.39. The average molecular weight is 506 g/mol. The van der Waals surface area contributed by atoms with Gasteiger partial charge >= 0.3 is 0 Å². The molecule has 6 nitrogen and oxygen atoms in total. The van der Waals surface area contributed by atoms with Gasteiger partial charge in [-0.05, 0) is 43.9 Å². The van der Waals surface area contributed by atoms with E-state index < -0.39 is 14.6 Å². The number of hydrogen-bond acceptors (Lipinski definition) is 4. The van der Waals surface area contributed by atoms with Gasteiger partial charge in [-0.1, -0.05) is 12.1 Å². The predicted molar refractivity (Wildman–Crippen MR) is 123 cm³/mol. The standard InChI is InChI=1S/C19H30N4O2S.HI/c1-19(2)14-23(10-11-26(19,24)25)18(20-3)21-13-15-7-8-17-16(12-15)6-5-9-22(17)4;/h7-8,12H,5-6,9-11,13-14H2,1-4H3,(H,20,21);1H. The third-order valence-electron chi connectivity index (χ3n) is 5.50. The minimum absolute atomic E-state index is 0. The van der Waals surface area contributed by atoms with E-state index in [0.29, 0.717) is 19.6 Å². The van der Waals surface area contributed by atoms with Crippen LogP contribution in [0.25, 0.3) is 0 Å². The lowest BCUT2D eigenvalue weighted by Crippen LogP contribution is -2.57. The Bertz CT molecular complexity index is 808. The Morgan fingerprint density at radius 3 is 2.70 bits per heavy atom. The Kier molecular flexibility index (Phi) is 7.05. The molecule has 0 aliphatic carbocycles. The van der Waals surface area contributed by atoms with Gasteiger partial charge in [0.05, 0.1) is 10.5 Å². The maximum Gasteiger partial charge on any atom is 0.193 e. The minimum atomic E-state index is -3.05. The number of nitrogens with zero attached hydrogens (tertiary/aromatic N) is 3. The molecule has 27 heavy (non-hydrogen) atoms. The molecule has 1 aromatic carbocycles. The highest BCUT2D eigenvalue weighted by Gasteiger charge is 2.40. The van der Waals surface area contributed by atoms with Crippen LogP contribution in [0.15, 0.2) is 23.2 Å². The number of benzene rings is 1. The zero-order valence-corrected chi connectivity index (χ0v) is 19.8. The average Bonchev–Trinajstić information content (AvgIpc) is 2.58. The van der Waals surface area contributed by atoms with Crippen molar-refractivity contribution in [3.05, 3.63) is 29.3 Å². The highest BCUT2D eigenvalue weighted by molar-refractivity contribution is 14.0. The van der Waals surface area contributed by atoms with Crippen LogP contribution in [-0.4, -0.2) is 63.5 Å². The third-order valence-corrected chi connectivity index (χ3v) is 8.03. The highest BCUT2D eigenvalue weighted by atomic mass is 127. The quantitative estimate of drug-likeness (QED) is 0.379. The molecule has 2 aliphatic heterocycles. The van der Waals surface area contributed by atoms with Gasteiger partial charge in [-0.25, -0.2) is 8.42 Å². The molecule has 3 rings (SSSR count). The Morgan fingerprint density at radius 2 is 2.04 bits per heavy atom. The largest absolute Gasteiger partial charge is 0.374 e. The fourth-order valence-electron chi connectivity index (χ4n) is 3.79. The Morgan fingerprint density at radius 1 is 1.30 bits per heavy atom. The molecule has 1 N–H and O–H groups in total. The van der Waals surface area contributed by atoms with Crippen LogP contribution in [0.2, 0.25) is 0 Å². The van der Waals surface area contributed by atoms with E-state index in [9.17, 15) is 8.42 Å². The summed E-state index contributed by atoms with van der Waals surface area (Å²) in [6, 6.07) is 6.63. The number of nitrogens with one attached hydrogen (secondary N) is 1. The number of rotatable bonds is 2. The monoisotopic (exact) mass is 506 g/mol. The molecule has 0 spiro atoms. The first-order chi connectivity index (χ1) is 12.2. The second kappa shape index (κ2) is 8.55. The van der Waals surface area contributed by atoms with Crippen molar-refractivity contribution in [3.8, 4) is 0 Å². The first-order valence-corrected chi connectivity index (χ1v) is 10.9. The normalized spacial score (nSPS) is 21.3. The molecule has 0 atom stereocenters. The second-order valence-electron chi connectivity index (χ2n) is 7.89. The van der Waals surface area contributed by atoms with Crippen LogP contribution < -0.4 is 10.2 Å². The van der Waals surface area contributed by atoms with Gasteiger partial charge in [0.1, 0.15) is 0 Å². The first kappa shape index (κ1) is 22.3. The molecule has 0 aromatic heterocycles. The van der Waals surface area contributed by atoms with Crippen LogP contribution >= 0.6 is 24.0 Å². The van der Waals surface area contributed by atoms with E-state index in [1.165, 1.54) is 23.2 Å². The summed E-state index contributed by atoms with van der Waals surface area (Å²) in [6.07, 6.45) is 2.32. The van der Waals surface area contributed by atoms with E-state index in [2.05, 4.69) is 40.5 Å². The van der Waals surface area contributed by atoms with Gasteiger partial charge in [0, 0.05) is 46.0 Å². The van der Waals surface area contributed by atoms with Crippen molar-refractivity contribution < 1.29 is 8.42 Å². The Balaban J connectivity index is 0.00000261. The number of aliphatic imine (C=N–C) groups is 1. The van der Waals surface area contributed by atoms with Gasteiger partial charge in [0.2, 0.25) is 0 Å². The van der Waals surface area contributed by atoms with Crippen LogP contribution in [0.5, 0.6) is 0 Å². The van der Waals surface area contributed by atoms with Crippen molar-refractivity contribution in [1.29, 1.82) is 0 Å². The van der Waals surface area contributed by atoms with Crippen molar-refractivity contribution in [3.63, 3.8) is 0 Å². The van der Waals surface area contributed by atoms with E-state index in [0.717, 1.165) is 18.9 Å². The summed E-state index contributed by atoms with van der Waals surface area (Å²) in [7, 11) is 0.846. The maximum atomic E-state index is 12.2. The van der Waals surface area contributed by atoms with Crippen molar-refractivity contribution in [2.75, 3.05) is 44.4 Å². The number of hydrogen-bond donors (Lipinski definition) is 1. The molecule has 0 bridgehead atoms. The van der Waals surface area contributed by atoms with Crippen molar-refractivity contribution >= 4 is 45.5 Å². The zero-order chi connectivity index (χ0) is 18.9. The lowest BCUT2D eigenvalue weighted by molar-refractivity contribution is 0.353. The van der Waals surface area contributed by atoms with Gasteiger partial charge in [-0.2, -0.15) is 0 Å². The Labute approximate surface area is 180 Å². The van der Waals surface area contributed by atoms with E-state index >= 15 is 0 Å². The molecular formula is C19H31IN4O2S. The Hall–Kier alpha value is -1.03. The van der Waals surface area contributed by atoms with Crippen molar-refractivity contribution in [2.45, 2.75) is 38.0 Å². The molecule has 0 radical (unpaired) electrons. The topological polar surface area (TPSA) is 65.0 Å². The molecule has 1 aromatic rings. The molecule has 152 valence electrons. The number of sulfone groups is 1. The summed E-state index contributed by atoms with van der Waals surface area (Å²) in [6.45, 7) is 6.34. The molecule has 0 saturated carbocycles. The molecule has 8 heteroatoms. The van der Waals surface area contributed by atoms with E-state index in [4.69, 9.17) is 0 Å². The summed E-state index contributed by atoms with van der Waals surface area (Å²) in [5.74, 6) is 0.939. The van der Waals surface area contributed by atoms with Crippen molar-refractivity contribution in [2.24, 2.45) is 4.99 Å². The maximum absolute atomic E-state index is 12.2. The van der Waals surface area contributed by atoms with Gasteiger partial charge in [-0.15, -0.1) is 24.0 Å². The molecule has 0 amide bonds. The zero-order valence-electron chi connectivity index (χ0n) is 16.7. The molecular weight excluding hydrogens is 475 g/mol. The SMILES string of the molecule is CN=C(NCc1ccc2c(c1)CCCN2C)N1CCS(=O)(=O)C(C)(C)C1.I. The summed E-state index contributed by atoms with van der Waals surface area (Å²) >= 11 is 0. The number of guanidine groups is 1. The van der Waals surface area contributed by atoms with Crippen LogP contribution in [0.3, 0.4) is 0 Å². The van der Waals surface area contributed by atoms with Gasteiger partial charge < -0.3 is 15.1 Å². The predicted octanol–water partition coefficient (Wildman–Crippen LogP) is 2.27. The van der Waals surface area contributed by atoms with Crippen LogP contribution in [-0.2, 0) is 22.8 Å². The number of halogens is 1. The molecule has 2 aliphatic rings. The van der Waals surface area contributed by atoms with Gasteiger partial charge in [0.25, 0.3) is 0 Å². The molecule has 0 unspecified atom stereocenters. The molecule has 1 fully saturated rings. The third kappa shape index (κ3) is 4.70. The molecule has 1 saturated heterocycles. The van der Waals surface area contributed by atoms with Gasteiger partial charge in [-0.3, -0.25) is 4.99 Å². The summed E-state index contributed by atoms with van der Waals surface area (Å²) in [5.41, 5.74) is 3.95. The van der Waals surface area contributed by atoms with Crippen LogP contribution in [0.1, 0.15) is 31.4 Å². The number of aryl methyl sites for hydroxylation is 1.